The Labute approximate surface area is 186 Å². The molecular formula is C23H17FN4O3S. The summed E-state index contributed by atoms with van der Waals surface area (Å²) in [5.74, 6) is -0.0835. The first kappa shape index (κ1) is 21.4. The van der Waals surface area contributed by atoms with Gasteiger partial charge in [0.2, 0.25) is 5.91 Å². The SMILES string of the molecule is Cc1cccc2c(SCC(=O)Nc3ccc([N+](=O)[O-])cc3)nc(-c3ccc(F)cc3)nc12. The van der Waals surface area contributed by atoms with E-state index in [9.17, 15) is 19.3 Å². The molecule has 1 aromatic heterocycles. The highest BCUT2D eigenvalue weighted by atomic mass is 32.2. The van der Waals surface area contributed by atoms with Crippen LogP contribution in [0.4, 0.5) is 15.8 Å². The van der Waals surface area contributed by atoms with Crippen molar-refractivity contribution in [2.75, 3.05) is 11.1 Å². The number of non-ortho nitro benzene ring substituents is 1. The number of hydrogen-bond acceptors (Lipinski definition) is 6. The van der Waals surface area contributed by atoms with E-state index in [1.807, 2.05) is 25.1 Å². The van der Waals surface area contributed by atoms with Crippen LogP contribution in [0.3, 0.4) is 0 Å². The smallest absolute Gasteiger partial charge is 0.269 e. The van der Waals surface area contributed by atoms with Gasteiger partial charge in [0.15, 0.2) is 5.82 Å². The maximum Gasteiger partial charge on any atom is 0.269 e. The van der Waals surface area contributed by atoms with E-state index < -0.39 is 4.92 Å². The lowest BCUT2D eigenvalue weighted by Gasteiger charge is -2.10. The lowest BCUT2D eigenvalue weighted by atomic mass is 10.1. The fourth-order valence-corrected chi connectivity index (χ4v) is 3.91. The zero-order chi connectivity index (χ0) is 22.7. The highest BCUT2D eigenvalue weighted by molar-refractivity contribution is 8.00. The summed E-state index contributed by atoms with van der Waals surface area (Å²) in [6, 6.07) is 17.3. The maximum atomic E-state index is 13.3. The third kappa shape index (κ3) is 4.73. The fourth-order valence-electron chi connectivity index (χ4n) is 3.10. The topological polar surface area (TPSA) is 98.0 Å². The summed E-state index contributed by atoms with van der Waals surface area (Å²) in [7, 11) is 0. The quantitative estimate of drug-likeness (QED) is 0.184. The summed E-state index contributed by atoms with van der Waals surface area (Å²) in [4.78, 5) is 32.0. The number of nitrogens with zero attached hydrogens (tertiary/aromatic N) is 3. The van der Waals surface area contributed by atoms with Gasteiger partial charge < -0.3 is 5.32 Å². The normalized spacial score (nSPS) is 10.8. The molecule has 0 saturated carbocycles. The number of nitro benzene ring substituents is 1. The van der Waals surface area contributed by atoms with Gasteiger partial charge in [0.25, 0.3) is 5.69 Å². The molecule has 1 amide bonds. The minimum atomic E-state index is -0.498. The monoisotopic (exact) mass is 448 g/mol. The van der Waals surface area contributed by atoms with E-state index in [1.54, 1.807) is 12.1 Å². The average Bonchev–Trinajstić information content (AvgIpc) is 2.78. The van der Waals surface area contributed by atoms with Gasteiger partial charge >= 0.3 is 0 Å². The van der Waals surface area contributed by atoms with E-state index in [4.69, 9.17) is 0 Å². The standard InChI is InChI=1S/C23H17FN4O3S/c1-14-3-2-4-19-21(14)26-22(15-5-7-16(24)8-6-15)27-23(19)32-13-20(29)25-17-9-11-18(12-10-17)28(30)31/h2-12H,13H2,1H3,(H,25,29). The molecule has 1 N–H and O–H groups in total. The van der Waals surface area contributed by atoms with Crippen LogP contribution in [0.5, 0.6) is 0 Å². The van der Waals surface area contributed by atoms with Gasteiger partial charge in [-0.15, -0.1) is 0 Å². The predicted octanol–water partition coefficient (Wildman–Crippen LogP) is 5.38. The van der Waals surface area contributed by atoms with E-state index in [-0.39, 0.29) is 23.2 Å². The first-order valence-corrected chi connectivity index (χ1v) is 10.6. The van der Waals surface area contributed by atoms with Crippen LogP contribution in [-0.2, 0) is 4.79 Å². The first-order chi connectivity index (χ1) is 15.4. The van der Waals surface area contributed by atoms with Crippen molar-refractivity contribution in [2.45, 2.75) is 11.9 Å². The highest BCUT2D eigenvalue weighted by Gasteiger charge is 2.14. The number of carbonyl (C=O) groups is 1. The third-order valence-electron chi connectivity index (χ3n) is 4.70. The molecule has 4 rings (SSSR count). The Morgan fingerprint density at radius 2 is 1.78 bits per heavy atom. The van der Waals surface area contributed by atoms with Crippen molar-refractivity contribution in [3.63, 3.8) is 0 Å². The molecule has 0 aliphatic heterocycles. The van der Waals surface area contributed by atoms with Crippen molar-refractivity contribution in [1.29, 1.82) is 0 Å². The average molecular weight is 448 g/mol. The predicted molar refractivity (Wildman–Crippen MR) is 122 cm³/mol. The molecule has 0 unspecified atom stereocenters. The van der Waals surface area contributed by atoms with Gasteiger partial charge in [-0.2, -0.15) is 0 Å². The Bertz CT molecular complexity index is 1310. The van der Waals surface area contributed by atoms with Crippen LogP contribution in [0.25, 0.3) is 22.3 Å². The number of amides is 1. The number of thioether (sulfide) groups is 1. The molecule has 9 heteroatoms. The maximum absolute atomic E-state index is 13.3. The summed E-state index contributed by atoms with van der Waals surface area (Å²) in [5.41, 5.74) is 2.82. The summed E-state index contributed by atoms with van der Waals surface area (Å²) in [6.07, 6.45) is 0. The molecule has 160 valence electrons. The minimum absolute atomic E-state index is 0.0477. The molecule has 0 fully saturated rings. The molecular weight excluding hydrogens is 431 g/mol. The van der Waals surface area contributed by atoms with Crippen LogP contribution in [-0.4, -0.2) is 26.6 Å². The molecule has 0 saturated heterocycles. The van der Waals surface area contributed by atoms with Crippen molar-refractivity contribution in [3.05, 3.63) is 88.2 Å². The van der Waals surface area contributed by atoms with Gasteiger partial charge in [0, 0.05) is 28.8 Å². The molecule has 7 nitrogen and oxygen atoms in total. The Morgan fingerprint density at radius 1 is 1.06 bits per heavy atom. The van der Waals surface area contributed by atoms with Crippen molar-refractivity contribution in [1.82, 2.24) is 9.97 Å². The fraction of sp³-hybridized carbons (Fsp3) is 0.0870. The molecule has 0 aliphatic rings. The van der Waals surface area contributed by atoms with Gasteiger partial charge in [-0.05, 0) is 48.9 Å². The number of rotatable bonds is 6. The van der Waals surface area contributed by atoms with Crippen LogP contribution < -0.4 is 5.32 Å². The lowest BCUT2D eigenvalue weighted by molar-refractivity contribution is -0.384. The van der Waals surface area contributed by atoms with Crippen LogP contribution >= 0.6 is 11.8 Å². The Kier molecular flexibility index (Phi) is 6.09. The van der Waals surface area contributed by atoms with Crippen molar-refractivity contribution >= 4 is 39.9 Å². The third-order valence-corrected chi connectivity index (χ3v) is 5.69. The molecule has 0 spiro atoms. The number of carbonyl (C=O) groups excluding carboxylic acids is 1. The summed E-state index contributed by atoms with van der Waals surface area (Å²) in [5, 5.41) is 14.9. The number of halogens is 1. The molecule has 0 atom stereocenters. The lowest BCUT2D eigenvalue weighted by Crippen LogP contribution is -2.14. The van der Waals surface area contributed by atoms with Crippen LogP contribution in [0.2, 0.25) is 0 Å². The number of fused-ring (bicyclic) bond motifs is 1. The van der Waals surface area contributed by atoms with Crippen molar-refractivity contribution < 1.29 is 14.1 Å². The molecule has 4 aromatic rings. The number of aryl methyl sites for hydroxylation is 1. The van der Waals surface area contributed by atoms with E-state index in [1.165, 1.54) is 48.2 Å². The second-order valence-corrected chi connectivity index (χ2v) is 7.94. The largest absolute Gasteiger partial charge is 0.325 e. The van der Waals surface area contributed by atoms with Gasteiger partial charge in [-0.3, -0.25) is 14.9 Å². The van der Waals surface area contributed by atoms with E-state index in [2.05, 4.69) is 15.3 Å². The molecule has 0 aliphatic carbocycles. The summed E-state index contributed by atoms with van der Waals surface area (Å²) in [6.45, 7) is 1.94. The van der Waals surface area contributed by atoms with E-state index in [0.29, 0.717) is 22.1 Å². The number of nitrogens with one attached hydrogen (secondary N) is 1. The molecule has 0 radical (unpaired) electrons. The van der Waals surface area contributed by atoms with E-state index >= 15 is 0 Å². The summed E-state index contributed by atoms with van der Waals surface area (Å²) >= 11 is 1.26. The second-order valence-electron chi connectivity index (χ2n) is 6.97. The number of anilines is 1. The van der Waals surface area contributed by atoms with Gasteiger partial charge in [0.1, 0.15) is 10.8 Å². The zero-order valence-electron chi connectivity index (χ0n) is 16.9. The molecule has 0 bridgehead atoms. The van der Waals surface area contributed by atoms with Crippen LogP contribution in [0.1, 0.15) is 5.56 Å². The Balaban J connectivity index is 1.57. The Hall–Kier alpha value is -3.85. The number of benzene rings is 3. The van der Waals surface area contributed by atoms with Gasteiger partial charge in [-0.25, -0.2) is 14.4 Å². The number of nitro groups is 1. The Morgan fingerprint density at radius 3 is 2.47 bits per heavy atom. The highest BCUT2D eigenvalue weighted by Crippen LogP contribution is 2.30. The molecule has 3 aromatic carbocycles. The second kappa shape index (κ2) is 9.11. The summed E-state index contributed by atoms with van der Waals surface area (Å²) < 4.78 is 13.3. The molecule has 1 heterocycles. The van der Waals surface area contributed by atoms with E-state index in [0.717, 1.165) is 16.5 Å². The zero-order valence-corrected chi connectivity index (χ0v) is 17.7. The van der Waals surface area contributed by atoms with Crippen molar-refractivity contribution in [3.8, 4) is 11.4 Å². The van der Waals surface area contributed by atoms with Crippen LogP contribution in [0.15, 0.2) is 71.8 Å². The number of aromatic nitrogens is 2. The first-order valence-electron chi connectivity index (χ1n) is 9.61. The molecule has 32 heavy (non-hydrogen) atoms. The minimum Gasteiger partial charge on any atom is -0.325 e. The van der Waals surface area contributed by atoms with Crippen molar-refractivity contribution in [2.24, 2.45) is 0 Å². The van der Waals surface area contributed by atoms with Gasteiger partial charge in [0.05, 0.1) is 16.2 Å². The van der Waals surface area contributed by atoms with Gasteiger partial charge in [-0.1, -0.05) is 30.0 Å². The number of hydrogen-bond donors (Lipinski definition) is 1. The van der Waals surface area contributed by atoms with Crippen LogP contribution in [0, 0.1) is 22.9 Å². The number of para-hydroxylation sites is 1.